The average Bonchev–Trinajstić information content (AvgIpc) is 2.97. The third kappa shape index (κ3) is 4.20. The van der Waals surface area contributed by atoms with Crippen LogP contribution in [0.25, 0.3) is 0 Å². The molecule has 0 atom stereocenters. The molecule has 2 aromatic rings. The Hall–Kier alpha value is -1.76. The Bertz CT molecular complexity index is 691. The summed E-state index contributed by atoms with van der Waals surface area (Å²) in [5, 5.41) is 3.95. The number of rotatable bonds is 5. The molecule has 1 aromatic heterocycles. The number of amides is 1. The average molecular weight is 345 g/mol. The standard InChI is InChI=1S/C18H23N3O2S/c1-3-14-4-6-15(7-5-14)20-18(22)17-13(2)19-16(24-17)12-21-8-10-23-11-9-21/h4-7H,3,8-12H2,1-2H3,(H,20,22). The topological polar surface area (TPSA) is 54.5 Å². The number of benzene rings is 1. The van der Waals surface area contributed by atoms with Crippen LogP contribution in [0, 0.1) is 6.92 Å². The van der Waals surface area contributed by atoms with Gasteiger partial charge in [0, 0.05) is 18.8 Å². The third-order valence-electron chi connectivity index (χ3n) is 4.13. The summed E-state index contributed by atoms with van der Waals surface area (Å²) in [6, 6.07) is 7.97. The highest BCUT2D eigenvalue weighted by atomic mass is 32.1. The summed E-state index contributed by atoms with van der Waals surface area (Å²) in [6.07, 6.45) is 0.993. The molecule has 0 spiro atoms. The lowest BCUT2D eigenvalue weighted by Crippen LogP contribution is -2.35. The van der Waals surface area contributed by atoms with Crippen LogP contribution in [0.1, 0.15) is 32.9 Å². The van der Waals surface area contributed by atoms with Gasteiger partial charge in [0.05, 0.1) is 25.5 Å². The largest absolute Gasteiger partial charge is 0.379 e. The number of nitrogens with zero attached hydrogens (tertiary/aromatic N) is 2. The number of thiazole rings is 1. The SMILES string of the molecule is CCc1ccc(NC(=O)c2sc(CN3CCOCC3)nc2C)cc1. The van der Waals surface area contributed by atoms with Gasteiger partial charge in [-0.1, -0.05) is 19.1 Å². The van der Waals surface area contributed by atoms with Crippen LogP contribution in [0.15, 0.2) is 24.3 Å². The Morgan fingerprint density at radius 3 is 2.67 bits per heavy atom. The number of hydrogen-bond acceptors (Lipinski definition) is 5. The fraction of sp³-hybridized carbons (Fsp3) is 0.444. The van der Waals surface area contributed by atoms with Crippen LogP contribution in [0.5, 0.6) is 0 Å². The molecule has 2 heterocycles. The molecule has 3 rings (SSSR count). The first-order valence-electron chi connectivity index (χ1n) is 8.32. The Kier molecular flexibility index (Phi) is 5.60. The van der Waals surface area contributed by atoms with Crippen molar-refractivity contribution in [1.82, 2.24) is 9.88 Å². The number of morpholine rings is 1. The van der Waals surface area contributed by atoms with Crippen LogP contribution < -0.4 is 5.32 Å². The van der Waals surface area contributed by atoms with Crippen LogP contribution in [0.2, 0.25) is 0 Å². The zero-order valence-corrected chi connectivity index (χ0v) is 15.0. The molecule has 0 saturated carbocycles. The Labute approximate surface area is 146 Å². The summed E-state index contributed by atoms with van der Waals surface area (Å²) in [5.74, 6) is -0.0810. The van der Waals surface area contributed by atoms with Gasteiger partial charge in [0.1, 0.15) is 9.88 Å². The van der Waals surface area contributed by atoms with Crippen molar-refractivity contribution in [1.29, 1.82) is 0 Å². The molecule has 5 nitrogen and oxygen atoms in total. The van der Waals surface area contributed by atoms with Gasteiger partial charge in [-0.05, 0) is 31.0 Å². The van der Waals surface area contributed by atoms with Crippen LogP contribution in [0.3, 0.4) is 0 Å². The second-order valence-corrected chi connectivity index (χ2v) is 7.00. The molecule has 1 amide bonds. The summed E-state index contributed by atoms with van der Waals surface area (Å²) < 4.78 is 5.36. The molecule has 1 aliphatic heterocycles. The number of hydrogen-bond donors (Lipinski definition) is 1. The fourth-order valence-corrected chi connectivity index (χ4v) is 3.70. The lowest BCUT2D eigenvalue weighted by atomic mass is 10.1. The molecule has 128 valence electrons. The molecule has 1 saturated heterocycles. The molecule has 1 aliphatic rings. The molecule has 0 bridgehead atoms. The minimum atomic E-state index is -0.0810. The predicted molar refractivity (Wildman–Crippen MR) is 96.7 cm³/mol. The lowest BCUT2D eigenvalue weighted by Gasteiger charge is -2.25. The van der Waals surface area contributed by atoms with Crippen molar-refractivity contribution in [3.05, 3.63) is 45.4 Å². The number of aryl methyl sites for hydroxylation is 2. The first-order chi connectivity index (χ1) is 11.7. The van der Waals surface area contributed by atoms with Crippen molar-refractivity contribution < 1.29 is 9.53 Å². The second-order valence-electron chi connectivity index (χ2n) is 5.92. The van der Waals surface area contributed by atoms with E-state index in [0.717, 1.165) is 55.7 Å². The quantitative estimate of drug-likeness (QED) is 0.905. The number of aromatic nitrogens is 1. The van der Waals surface area contributed by atoms with E-state index in [1.165, 1.54) is 16.9 Å². The molecule has 24 heavy (non-hydrogen) atoms. The van der Waals surface area contributed by atoms with Crippen molar-refractivity contribution in [3.8, 4) is 0 Å². The van der Waals surface area contributed by atoms with E-state index in [9.17, 15) is 4.79 Å². The number of carbonyl (C=O) groups is 1. The normalized spacial score (nSPS) is 15.4. The number of anilines is 1. The molecule has 0 radical (unpaired) electrons. The van der Waals surface area contributed by atoms with Crippen LogP contribution >= 0.6 is 11.3 Å². The van der Waals surface area contributed by atoms with Crippen molar-refractivity contribution in [2.45, 2.75) is 26.8 Å². The van der Waals surface area contributed by atoms with Gasteiger partial charge < -0.3 is 10.1 Å². The fourth-order valence-electron chi connectivity index (χ4n) is 2.69. The second kappa shape index (κ2) is 7.88. The highest BCUT2D eigenvalue weighted by Crippen LogP contribution is 2.21. The van der Waals surface area contributed by atoms with Crippen molar-refractivity contribution >= 4 is 22.9 Å². The minimum Gasteiger partial charge on any atom is -0.379 e. The van der Waals surface area contributed by atoms with E-state index in [4.69, 9.17) is 4.74 Å². The van der Waals surface area contributed by atoms with Crippen molar-refractivity contribution in [2.75, 3.05) is 31.6 Å². The predicted octanol–water partition coefficient (Wildman–Crippen LogP) is 3.10. The van der Waals surface area contributed by atoms with Gasteiger partial charge in [-0.15, -0.1) is 11.3 Å². The summed E-state index contributed by atoms with van der Waals surface area (Å²) in [5.41, 5.74) is 2.88. The van der Waals surface area contributed by atoms with Crippen LogP contribution in [-0.2, 0) is 17.7 Å². The molecule has 0 unspecified atom stereocenters. The van der Waals surface area contributed by atoms with Gasteiger partial charge in [-0.3, -0.25) is 9.69 Å². The van der Waals surface area contributed by atoms with E-state index in [0.29, 0.717) is 4.88 Å². The Morgan fingerprint density at radius 2 is 2.00 bits per heavy atom. The van der Waals surface area contributed by atoms with E-state index in [2.05, 4.69) is 22.1 Å². The summed E-state index contributed by atoms with van der Waals surface area (Å²) >= 11 is 1.48. The third-order valence-corrected chi connectivity index (χ3v) is 5.27. The van der Waals surface area contributed by atoms with Crippen LogP contribution in [0.4, 0.5) is 5.69 Å². The summed E-state index contributed by atoms with van der Waals surface area (Å²) in [7, 11) is 0. The van der Waals surface area contributed by atoms with E-state index in [1.807, 2.05) is 31.2 Å². The van der Waals surface area contributed by atoms with Gasteiger partial charge >= 0.3 is 0 Å². The van der Waals surface area contributed by atoms with E-state index in [-0.39, 0.29) is 5.91 Å². The van der Waals surface area contributed by atoms with Crippen LogP contribution in [-0.4, -0.2) is 42.1 Å². The Balaban J connectivity index is 1.65. The molecular weight excluding hydrogens is 322 g/mol. The molecule has 6 heteroatoms. The zero-order valence-electron chi connectivity index (χ0n) is 14.2. The van der Waals surface area contributed by atoms with E-state index >= 15 is 0 Å². The maximum atomic E-state index is 12.5. The van der Waals surface area contributed by atoms with Gasteiger partial charge in [0.15, 0.2) is 0 Å². The molecule has 1 aromatic carbocycles. The smallest absolute Gasteiger partial charge is 0.267 e. The lowest BCUT2D eigenvalue weighted by molar-refractivity contribution is 0.0341. The van der Waals surface area contributed by atoms with Gasteiger partial charge in [-0.2, -0.15) is 0 Å². The van der Waals surface area contributed by atoms with Gasteiger partial charge in [0.2, 0.25) is 0 Å². The van der Waals surface area contributed by atoms with E-state index < -0.39 is 0 Å². The first-order valence-corrected chi connectivity index (χ1v) is 9.14. The minimum absolute atomic E-state index is 0.0810. The van der Waals surface area contributed by atoms with Crippen molar-refractivity contribution in [3.63, 3.8) is 0 Å². The molecule has 0 aliphatic carbocycles. The summed E-state index contributed by atoms with van der Waals surface area (Å²) in [6.45, 7) is 8.18. The maximum absolute atomic E-state index is 12.5. The highest BCUT2D eigenvalue weighted by molar-refractivity contribution is 7.13. The number of ether oxygens (including phenoxy) is 1. The molecular formula is C18H23N3O2S. The van der Waals surface area contributed by atoms with E-state index in [1.54, 1.807) is 0 Å². The van der Waals surface area contributed by atoms with Crippen molar-refractivity contribution in [2.24, 2.45) is 0 Å². The monoisotopic (exact) mass is 345 g/mol. The Morgan fingerprint density at radius 1 is 1.29 bits per heavy atom. The van der Waals surface area contributed by atoms with Gasteiger partial charge in [-0.25, -0.2) is 4.98 Å². The highest BCUT2D eigenvalue weighted by Gasteiger charge is 2.18. The molecule has 1 N–H and O–H groups in total. The zero-order chi connectivity index (χ0) is 16.9. The van der Waals surface area contributed by atoms with Gasteiger partial charge in [0.25, 0.3) is 5.91 Å². The first kappa shape index (κ1) is 17.1. The molecule has 1 fully saturated rings. The maximum Gasteiger partial charge on any atom is 0.267 e. The number of carbonyl (C=O) groups excluding carboxylic acids is 1. The summed E-state index contributed by atoms with van der Waals surface area (Å²) in [4.78, 5) is 20.1. The number of nitrogens with one attached hydrogen (secondary N) is 1.